The highest BCUT2D eigenvalue weighted by Crippen LogP contribution is 2.42. The summed E-state index contributed by atoms with van der Waals surface area (Å²) >= 11 is 0. The first-order valence-electron chi connectivity index (χ1n) is 9.94. The van der Waals surface area contributed by atoms with Crippen LogP contribution in [0.25, 0.3) is 0 Å². The molecule has 4 atom stereocenters. The lowest BCUT2D eigenvalue weighted by Gasteiger charge is -2.42. The van der Waals surface area contributed by atoms with Crippen molar-refractivity contribution in [2.75, 3.05) is 14.2 Å². The number of rotatable bonds is 5. The molecule has 0 N–H and O–H groups in total. The Hall–Kier alpha value is -2.31. The maximum atomic E-state index is 13.5. The maximum Gasteiger partial charge on any atom is 0.312 e. The van der Waals surface area contributed by atoms with Crippen LogP contribution in [0.4, 0.5) is 8.78 Å². The maximum absolute atomic E-state index is 13.5. The van der Waals surface area contributed by atoms with Crippen molar-refractivity contribution in [2.45, 2.75) is 43.6 Å². The SMILES string of the molecule is COC(=O)[C@@H]1[C@H]2CCC(C[C@H]1OC(c1ccc(F)cc1)c1ccc(F)cc1)N2C. The Morgan fingerprint density at radius 2 is 1.55 bits per heavy atom. The molecule has 4 rings (SSSR count). The van der Waals surface area contributed by atoms with Crippen molar-refractivity contribution in [1.29, 1.82) is 0 Å². The first kappa shape index (κ1) is 20.0. The Balaban J connectivity index is 1.68. The zero-order valence-electron chi connectivity index (χ0n) is 16.6. The molecule has 29 heavy (non-hydrogen) atoms. The highest BCUT2D eigenvalue weighted by atomic mass is 19.1. The molecule has 154 valence electrons. The Kier molecular flexibility index (Phi) is 5.65. The van der Waals surface area contributed by atoms with Gasteiger partial charge in [0.15, 0.2) is 0 Å². The van der Waals surface area contributed by atoms with E-state index in [-0.39, 0.29) is 29.7 Å². The molecule has 2 aliphatic rings. The molecular formula is C23H25F2NO3. The van der Waals surface area contributed by atoms with Crippen molar-refractivity contribution < 1.29 is 23.0 Å². The topological polar surface area (TPSA) is 38.8 Å². The summed E-state index contributed by atoms with van der Waals surface area (Å²) < 4.78 is 38.6. The fourth-order valence-corrected chi connectivity index (χ4v) is 4.81. The summed E-state index contributed by atoms with van der Waals surface area (Å²) in [6, 6.07) is 12.6. The number of piperidine rings is 1. The summed E-state index contributed by atoms with van der Waals surface area (Å²) in [6.45, 7) is 0. The average Bonchev–Trinajstić information content (AvgIpc) is 2.96. The highest BCUT2D eigenvalue weighted by molar-refractivity contribution is 5.74. The Labute approximate surface area is 169 Å². The van der Waals surface area contributed by atoms with E-state index in [1.807, 2.05) is 7.05 Å². The van der Waals surface area contributed by atoms with Gasteiger partial charge in [0.25, 0.3) is 0 Å². The minimum Gasteiger partial charge on any atom is -0.469 e. The number of nitrogens with zero attached hydrogens (tertiary/aromatic N) is 1. The average molecular weight is 401 g/mol. The second-order valence-corrected chi connectivity index (χ2v) is 7.91. The molecule has 2 aromatic rings. The van der Waals surface area contributed by atoms with Crippen molar-refractivity contribution in [2.24, 2.45) is 5.92 Å². The normalized spacial score (nSPS) is 26.7. The predicted octanol–water partition coefficient (Wildman–Crippen LogP) is 4.10. The van der Waals surface area contributed by atoms with Gasteiger partial charge in [-0.2, -0.15) is 0 Å². The highest BCUT2D eigenvalue weighted by Gasteiger charge is 2.50. The summed E-state index contributed by atoms with van der Waals surface area (Å²) in [6.07, 6.45) is 1.80. The van der Waals surface area contributed by atoms with Crippen molar-refractivity contribution in [3.8, 4) is 0 Å². The largest absolute Gasteiger partial charge is 0.469 e. The van der Waals surface area contributed by atoms with Crippen molar-refractivity contribution in [3.05, 3.63) is 71.3 Å². The Morgan fingerprint density at radius 3 is 2.07 bits per heavy atom. The third kappa shape index (κ3) is 3.91. The molecule has 0 spiro atoms. The van der Waals surface area contributed by atoms with E-state index in [0.717, 1.165) is 24.0 Å². The second-order valence-electron chi connectivity index (χ2n) is 7.91. The molecule has 2 bridgehead atoms. The van der Waals surface area contributed by atoms with Gasteiger partial charge in [-0.15, -0.1) is 0 Å². The first-order chi connectivity index (χ1) is 14.0. The van der Waals surface area contributed by atoms with Crippen molar-refractivity contribution >= 4 is 5.97 Å². The lowest BCUT2D eigenvalue weighted by atomic mass is 9.87. The van der Waals surface area contributed by atoms with Gasteiger partial charge in [0, 0.05) is 12.1 Å². The van der Waals surface area contributed by atoms with Crippen LogP contribution in [-0.4, -0.2) is 43.2 Å². The van der Waals surface area contributed by atoms with Crippen LogP contribution >= 0.6 is 0 Å². The summed E-state index contributed by atoms with van der Waals surface area (Å²) in [5, 5.41) is 0. The summed E-state index contributed by atoms with van der Waals surface area (Å²) in [5.74, 6) is -1.34. The molecule has 0 aromatic heterocycles. The zero-order valence-corrected chi connectivity index (χ0v) is 16.6. The predicted molar refractivity (Wildman–Crippen MR) is 104 cm³/mol. The third-order valence-electron chi connectivity index (χ3n) is 6.34. The number of fused-ring (bicyclic) bond motifs is 2. The fraction of sp³-hybridized carbons (Fsp3) is 0.435. The number of esters is 1. The summed E-state index contributed by atoms with van der Waals surface area (Å²) in [7, 11) is 3.45. The van der Waals surface area contributed by atoms with E-state index in [0.29, 0.717) is 12.5 Å². The number of methoxy groups -OCH3 is 1. The van der Waals surface area contributed by atoms with Gasteiger partial charge in [-0.1, -0.05) is 24.3 Å². The zero-order chi connectivity index (χ0) is 20.5. The monoisotopic (exact) mass is 401 g/mol. The van der Waals surface area contributed by atoms with Gasteiger partial charge in [0.05, 0.1) is 19.1 Å². The van der Waals surface area contributed by atoms with Gasteiger partial charge < -0.3 is 9.47 Å². The molecule has 0 radical (unpaired) electrons. The summed E-state index contributed by atoms with van der Waals surface area (Å²) in [5.41, 5.74) is 1.51. The number of hydrogen-bond donors (Lipinski definition) is 0. The van der Waals surface area contributed by atoms with Crippen LogP contribution in [-0.2, 0) is 14.3 Å². The number of halogens is 2. The molecule has 0 amide bonds. The lowest BCUT2D eigenvalue weighted by Crippen LogP contribution is -2.53. The molecule has 2 aliphatic heterocycles. The number of carbonyl (C=O) groups excluding carboxylic acids is 1. The van der Waals surface area contributed by atoms with Gasteiger partial charge in [-0.05, 0) is 61.7 Å². The van der Waals surface area contributed by atoms with Crippen molar-refractivity contribution in [1.82, 2.24) is 4.90 Å². The van der Waals surface area contributed by atoms with Crippen LogP contribution in [0.1, 0.15) is 36.5 Å². The molecule has 0 aliphatic carbocycles. The van der Waals surface area contributed by atoms with E-state index in [1.165, 1.54) is 31.4 Å². The molecule has 1 unspecified atom stereocenters. The van der Waals surface area contributed by atoms with Crippen LogP contribution in [0.5, 0.6) is 0 Å². The van der Waals surface area contributed by atoms with Crippen molar-refractivity contribution in [3.63, 3.8) is 0 Å². The number of benzene rings is 2. The summed E-state index contributed by atoms with van der Waals surface area (Å²) in [4.78, 5) is 14.9. The van der Waals surface area contributed by atoms with Gasteiger partial charge >= 0.3 is 5.97 Å². The van der Waals surface area contributed by atoms with Gasteiger partial charge in [-0.25, -0.2) is 8.78 Å². The molecule has 2 heterocycles. The standard InChI is InChI=1S/C23H25F2NO3/c1-26-18-11-12-19(26)21(23(27)28-2)20(13-18)29-22(14-3-7-16(24)8-4-14)15-5-9-17(25)10-6-15/h3-10,18-22H,11-13H2,1-2H3/t18?,19-,20-,21-/m1/s1. The Bertz CT molecular complexity index is 810. The molecular weight excluding hydrogens is 376 g/mol. The van der Waals surface area contributed by atoms with E-state index in [4.69, 9.17) is 9.47 Å². The van der Waals surface area contributed by atoms with Crippen LogP contribution in [0.3, 0.4) is 0 Å². The number of carbonyl (C=O) groups is 1. The third-order valence-corrected chi connectivity index (χ3v) is 6.34. The minimum atomic E-state index is -0.531. The quantitative estimate of drug-likeness (QED) is 0.708. The van der Waals surface area contributed by atoms with Crippen LogP contribution in [0, 0.1) is 17.6 Å². The van der Waals surface area contributed by atoms with Crippen LogP contribution < -0.4 is 0 Å². The van der Waals surface area contributed by atoms with Crippen LogP contribution in [0.2, 0.25) is 0 Å². The molecule has 2 fully saturated rings. The molecule has 4 nitrogen and oxygen atoms in total. The van der Waals surface area contributed by atoms with E-state index in [9.17, 15) is 13.6 Å². The van der Waals surface area contributed by atoms with Gasteiger partial charge in [0.2, 0.25) is 0 Å². The van der Waals surface area contributed by atoms with E-state index >= 15 is 0 Å². The first-order valence-corrected chi connectivity index (χ1v) is 9.94. The molecule has 2 aromatic carbocycles. The molecule has 6 heteroatoms. The van der Waals surface area contributed by atoms with Gasteiger partial charge in [-0.3, -0.25) is 9.69 Å². The minimum absolute atomic E-state index is 0.0771. The Morgan fingerprint density at radius 1 is 1.00 bits per heavy atom. The van der Waals surface area contributed by atoms with E-state index < -0.39 is 12.0 Å². The number of ether oxygens (including phenoxy) is 2. The molecule has 0 saturated carbocycles. The fourth-order valence-electron chi connectivity index (χ4n) is 4.81. The van der Waals surface area contributed by atoms with Crippen LogP contribution in [0.15, 0.2) is 48.5 Å². The lowest BCUT2D eigenvalue weighted by molar-refractivity contribution is -0.162. The van der Waals surface area contributed by atoms with Gasteiger partial charge in [0.1, 0.15) is 17.7 Å². The molecule has 2 saturated heterocycles. The van der Waals surface area contributed by atoms with E-state index in [2.05, 4.69) is 4.90 Å². The number of hydrogen-bond acceptors (Lipinski definition) is 4. The second kappa shape index (κ2) is 8.20. The smallest absolute Gasteiger partial charge is 0.312 e. The van der Waals surface area contributed by atoms with E-state index in [1.54, 1.807) is 24.3 Å².